The van der Waals surface area contributed by atoms with Crippen molar-refractivity contribution < 1.29 is 24.0 Å². The van der Waals surface area contributed by atoms with Crippen molar-refractivity contribution in [3.05, 3.63) is 111 Å². The average molecular weight is 479 g/mol. The summed E-state index contributed by atoms with van der Waals surface area (Å²) in [4.78, 5) is 37.2. The summed E-state index contributed by atoms with van der Waals surface area (Å²) in [5.74, 6) is -2.18. The highest BCUT2D eigenvalue weighted by molar-refractivity contribution is 6.00. The van der Waals surface area contributed by atoms with Crippen molar-refractivity contribution in [2.45, 2.75) is 33.6 Å². The van der Waals surface area contributed by atoms with E-state index >= 15 is 0 Å². The summed E-state index contributed by atoms with van der Waals surface area (Å²) in [5.41, 5.74) is 1.61. The Kier molecular flexibility index (Phi) is 10.4. The van der Waals surface area contributed by atoms with E-state index in [4.69, 9.17) is 9.47 Å². The Hall–Kier alpha value is -4.20. The Balaban J connectivity index is 2.48. The number of ether oxygens (including phenoxy) is 2. The van der Waals surface area contributed by atoms with Gasteiger partial charge in [-0.15, -0.1) is 0 Å². The lowest BCUT2D eigenvalue weighted by Gasteiger charge is -2.30. The zero-order valence-electron chi connectivity index (χ0n) is 20.3. The topological polar surface area (TPSA) is 108 Å². The summed E-state index contributed by atoms with van der Waals surface area (Å²) >= 11 is 0. The van der Waals surface area contributed by atoms with Gasteiger partial charge in [0.2, 0.25) is 0 Å². The van der Waals surface area contributed by atoms with E-state index < -0.39 is 22.8 Å². The molecular formula is C27H30N2O6. The van der Waals surface area contributed by atoms with Gasteiger partial charge in [-0.3, -0.25) is 10.1 Å². The Morgan fingerprint density at radius 2 is 1.46 bits per heavy atom. The molecule has 8 heteroatoms. The molecule has 0 fully saturated rings. The fraction of sp³-hybridized carbons (Fsp3) is 0.259. The summed E-state index contributed by atoms with van der Waals surface area (Å²) in [7, 11) is 0. The van der Waals surface area contributed by atoms with E-state index in [1.54, 1.807) is 56.4 Å². The first-order valence-corrected chi connectivity index (χ1v) is 11.1. The number of hydrogen-bond acceptors (Lipinski definition) is 7. The fourth-order valence-corrected chi connectivity index (χ4v) is 3.58. The van der Waals surface area contributed by atoms with Crippen molar-refractivity contribution in [1.82, 2.24) is 5.32 Å². The molecule has 8 nitrogen and oxygen atoms in total. The number of nitrogens with zero attached hydrogens (tertiary/aromatic N) is 1. The largest absolute Gasteiger partial charge is 0.458 e. The second-order valence-corrected chi connectivity index (χ2v) is 7.59. The van der Waals surface area contributed by atoms with Gasteiger partial charge in [0, 0.05) is 23.5 Å². The van der Waals surface area contributed by atoms with Crippen molar-refractivity contribution in [2.24, 2.45) is 0 Å². The summed E-state index contributed by atoms with van der Waals surface area (Å²) in [6.07, 6.45) is 14.1. The molecule has 0 bridgehead atoms. The van der Waals surface area contributed by atoms with Gasteiger partial charge in [0.05, 0.1) is 22.0 Å². The predicted molar refractivity (Wildman–Crippen MR) is 134 cm³/mol. The molecule has 0 unspecified atom stereocenters. The number of nitro benzene ring substituents is 1. The lowest BCUT2D eigenvalue weighted by atomic mass is 9.80. The number of hydrogen-bond donors (Lipinski definition) is 1. The number of allylic oxidation sites excluding steroid dienone is 8. The van der Waals surface area contributed by atoms with Crippen molar-refractivity contribution in [2.75, 3.05) is 13.2 Å². The van der Waals surface area contributed by atoms with Crippen LogP contribution in [0.3, 0.4) is 0 Å². The minimum absolute atomic E-state index is 0.0276. The summed E-state index contributed by atoms with van der Waals surface area (Å²) in [5, 5.41) is 14.5. The highest BCUT2D eigenvalue weighted by Crippen LogP contribution is 2.40. The molecule has 1 aliphatic heterocycles. The third-order valence-electron chi connectivity index (χ3n) is 5.12. The number of dihydropyridines is 1. The number of carbonyl (C=O) groups excluding carboxylic acids is 2. The van der Waals surface area contributed by atoms with Crippen LogP contribution in [0.1, 0.15) is 39.2 Å². The minimum atomic E-state index is -0.907. The number of benzene rings is 1. The monoisotopic (exact) mass is 478 g/mol. The molecule has 0 radical (unpaired) electrons. The van der Waals surface area contributed by atoms with E-state index in [2.05, 4.69) is 5.32 Å². The summed E-state index contributed by atoms with van der Waals surface area (Å²) < 4.78 is 10.9. The number of non-ortho nitro benzene ring substituents is 1. The molecule has 35 heavy (non-hydrogen) atoms. The Bertz CT molecular complexity index is 1080. The maximum absolute atomic E-state index is 13.2. The van der Waals surface area contributed by atoms with Crippen LogP contribution in [-0.4, -0.2) is 30.1 Å². The SMILES string of the molecule is C/C=C/C=C/COC(=O)C1=C(C)NC(C)=C(C(=O)OC/C=C/C=C/C)C1c1cccc([N+](=O)[O-])c1. The quantitative estimate of drug-likeness (QED) is 0.214. The van der Waals surface area contributed by atoms with E-state index in [0.717, 1.165) is 0 Å². The number of nitrogens with one attached hydrogen (secondary N) is 1. The average Bonchev–Trinajstić information content (AvgIpc) is 2.83. The lowest BCUT2D eigenvalue weighted by Crippen LogP contribution is -2.32. The van der Waals surface area contributed by atoms with Crippen molar-refractivity contribution >= 4 is 17.6 Å². The van der Waals surface area contributed by atoms with Crippen LogP contribution in [0.2, 0.25) is 0 Å². The maximum atomic E-state index is 13.2. The number of rotatable bonds is 10. The van der Waals surface area contributed by atoms with Crippen LogP contribution >= 0.6 is 0 Å². The van der Waals surface area contributed by atoms with Crippen LogP contribution in [0, 0.1) is 10.1 Å². The van der Waals surface area contributed by atoms with Gasteiger partial charge in [0.25, 0.3) is 5.69 Å². The molecule has 184 valence electrons. The first kappa shape index (κ1) is 27.0. The second kappa shape index (κ2) is 13.5. The molecule has 0 atom stereocenters. The molecule has 1 N–H and O–H groups in total. The molecule has 0 saturated heterocycles. The molecule has 1 aliphatic rings. The molecule has 0 aliphatic carbocycles. The number of carbonyl (C=O) groups is 2. The van der Waals surface area contributed by atoms with E-state index in [0.29, 0.717) is 17.0 Å². The van der Waals surface area contributed by atoms with Crippen molar-refractivity contribution in [3.8, 4) is 0 Å². The maximum Gasteiger partial charge on any atom is 0.337 e. The van der Waals surface area contributed by atoms with E-state index in [9.17, 15) is 19.7 Å². The highest BCUT2D eigenvalue weighted by atomic mass is 16.6. The molecular weight excluding hydrogens is 448 g/mol. The van der Waals surface area contributed by atoms with Crippen LogP contribution < -0.4 is 5.32 Å². The van der Waals surface area contributed by atoms with Gasteiger partial charge in [-0.1, -0.05) is 48.6 Å². The van der Waals surface area contributed by atoms with Crippen LogP contribution in [0.4, 0.5) is 5.69 Å². The van der Waals surface area contributed by atoms with Gasteiger partial charge in [-0.25, -0.2) is 9.59 Å². The molecule has 0 amide bonds. The van der Waals surface area contributed by atoms with E-state index in [-0.39, 0.29) is 30.0 Å². The third kappa shape index (κ3) is 7.40. The summed E-state index contributed by atoms with van der Waals surface area (Å²) in [6.45, 7) is 7.19. The van der Waals surface area contributed by atoms with Gasteiger partial charge in [-0.2, -0.15) is 0 Å². The standard InChI is InChI=1S/C27H30N2O6/c1-5-7-9-11-16-34-26(30)23-19(3)28-20(4)24(27(31)35-17-12-10-8-6-2)25(23)21-14-13-15-22(18-21)29(32)33/h5-15,18,25,28H,16-17H2,1-4H3/b7-5+,8-6+,11-9+,12-10+. The van der Waals surface area contributed by atoms with E-state index in [1.807, 2.05) is 26.0 Å². The zero-order chi connectivity index (χ0) is 25.8. The number of nitro groups is 1. The van der Waals surface area contributed by atoms with Crippen LogP contribution in [0.15, 0.2) is 95.4 Å². The smallest absolute Gasteiger partial charge is 0.337 e. The fourth-order valence-electron chi connectivity index (χ4n) is 3.58. The van der Waals surface area contributed by atoms with Crippen LogP contribution in [0.25, 0.3) is 0 Å². The van der Waals surface area contributed by atoms with Gasteiger partial charge in [0.1, 0.15) is 13.2 Å². The number of esters is 2. The molecule has 1 heterocycles. The molecule has 0 spiro atoms. The van der Waals surface area contributed by atoms with Gasteiger partial charge >= 0.3 is 11.9 Å². The summed E-state index contributed by atoms with van der Waals surface area (Å²) in [6, 6.07) is 5.87. The minimum Gasteiger partial charge on any atom is -0.458 e. The van der Waals surface area contributed by atoms with Crippen LogP contribution in [-0.2, 0) is 19.1 Å². The molecule has 2 rings (SSSR count). The molecule has 1 aromatic rings. The molecule has 0 aromatic heterocycles. The molecule has 1 aromatic carbocycles. The zero-order valence-corrected chi connectivity index (χ0v) is 20.3. The molecule has 0 saturated carbocycles. The van der Waals surface area contributed by atoms with Gasteiger partial charge in [-0.05, 0) is 45.4 Å². The highest BCUT2D eigenvalue weighted by Gasteiger charge is 2.38. The van der Waals surface area contributed by atoms with Gasteiger partial charge in [0.15, 0.2) is 0 Å². The van der Waals surface area contributed by atoms with E-state index in [1.165, 1.54) is 18.2 Å². The normalized spacial score (nSPS) is 15.0. The first-order valence-electron chi connectivity index (χ1n) is 11.1. The van der Waals surface area contributed by atoms with Crippen molar-refractivity contribution in [1.29, 1.82) is 0 Å². The third-order valence-corrected chi connectivity index (χ3v) is 5.12. The Labute approximate surface area is 205 Å². The van der Waals surface area contributed by atoms with Gasteiger partial charge < -0.3 is 14.8 Å². The van der Waals surface area contributed by atoms with Crippen molar-refractivity contribution in [3.63, 3.8) is 0 Å². The predicted octanol–water partition coefficient (Wildman–Crippen LogP) is 5.18. The lowest BCUT2D eigenvalue weighted by molar-refractivity contribution is -0.384. The van der Waals surface area contributed by atoms with Crippen LogP contribution in [0.5, 0.6) is 0 Å². The first-order chi connectivity index (χ1) is 16.8. The Morgan fingerprint density at radius 3 is 1.91 bits per heavy atom. The Morgan fingerprint density at radius 1 is 0.943 bits per heavy atom. The second-order valence-electron chi connectivity index (χ2n) is 7.59.